The summed E-state index contributed by atoms with van der Waals surface area (Å²) >= 11 is 0. The van der Waals surface area contributed by atoms with Crippen LogP contribution in [-0.2, 0) is 18.6 Å². The molecule has 1 atom stereocenters. The molecule has 3 nitrogen and oxygen atoms in total. The van der Waals surface area contributed by atoms with Gasteiger partial charge in [-0.3, -0.25) is 0 Å². The zero-order valence-corrected chi connectivity index (χ0v) is 18.2. The van der Waals surface area contributed by atoms with Gasteiger partial charge in [0, 0.05) is 13.1 Å². The largest absolute Gasteiger partial charge is 0.385 e. The second kappa shape index (κ2) is 9.33. The topological polar surface area (TPSA) is 26.7 Å². The van der Waals surface area contributed by atoms with Crippen LogP contribution in [0.1, 0.15) is 55.7 Å². The van der Waals surface area contributed by atoms with E-state index in [-0.39, 0.29) is 0 Å². The van der Waals surface area contributed by atoms with Gasteiger partial charge in [-0.25, -0.2) is 4.31 Å². The number of fused-ring (bicyclic) bond motifs is 1. The van der Waals surface area contributed by atoms with Crippen LogP contribution in [0.4, 0.5) is 0 Å². The van der Waals surface area contributed by atoms with Crippen molar-refractivity contribution in [3.63, 3.8) is 0 Å². The lowest BCUT2D eigenvalue weighted by molar-refractivity contribution is 0.0425. The Morgan fingerprint density at radius 2 is 1.96 bits per heavy atom. The van der Waals surface area contributed by atoms with Crippen LogP contribution >= 0.6 is 21.8 Å². The number of piperidine rings is 1. The third-order valence-electron chi connectivity index (χ3n) is 6.10. The van der Waals surface area contributed by atoms with E-state index in [1.54, 1.807) is 0 Å². The molecular formula is C21H34N2OS2. The van der Waals surface area contributed by atoms with Gasteiger partial charge in [0.25, 0.3) is 0 Å². The van der Waals surface area contributed by atoms with Crippen LogP contribution in [0, 0.1) is 5.92 Å². The molecule has 5 heteroatoms. The molecule has 1 unspecified atom stereocenters. The smallest absolute Gasteiger partial charge is 0.0868 e. The van der Waals surface area contributed by atoms with Crippen LogP contribution in [0.25, 0.3) is 0 Å². The third-order valence-corrected chi connectivity index (χ3v) is 7.85. The maximum absolute atomic E-state index is 11.1. The average molecular weight is 395 g/mol. The van der Waals surface area contributed by atoms with Crippen molar-refractivity contribution in [2.75, 3.05) is 32.9 Å². The molecule has 146 valence electrons. The summed E-state index contributed by atoms with van der Waals surface area (Å²) < 4.78 is 2.42. The van der Waals surface area contributed by atoms with Gasteiger partial charge in [-0.15, -0.1) is 0 Å². The summed E-state index contributed by atoms with van der Waals surface area (Å²) in [6, 6.07) is 6.66. The molecule has 0 radical (unpaired) electrons. The first-order valence-corrected chi connectivity index (χ1v) is 12.5. The van der Waals surface area contributed by atoms with Gasteiger partial charge in [-0.1, -0.05) is 35.4 Å². The Morgan fingerprint density at radius 1 is 1.19 bits per heavy atom. The number of nitrogens with zero attached hydrogens (tertiary/aromatic N) is 2. The molecule has 0 spiro atoms. The zero-order valence-electron chi connectivity index (χ0n) is 16.5. The van der Waals surface area contributed by atoms with Crippen molar-refractivity contribution in [1.82, 2.24) is 9.21 Å². The van der Waals surface area contributed by atoms with Crippen LogP contribution in [0.3, 0.4) is 0 Å². The predicted octanol–water partition coefficient (Wildman–Crippen LogP) is 4.69. The molecule has 0 saturated carbocycles. The number of hydrogen-bond donors (Lipinski definition) is 1. The molecule has 3 rings (SSSR count). The van der Waals surface area contributed by atoms with E-state index in [9.17, 15) is 5.11 Å². The number of likely N-dealkylation sites (tertiary alicyclic amines) is 1. The van der Waals surface area contributed by atoms with Crippen molar-refractivity contribution in [1.29, 1.82) is 0 Å². The van der Waals surface area contributed by atoms with Crippen molar-refractivity contribution in [3.05, 3.63) is 34.9 Å². The minimum atomic E-state index is -0.703. The summed E-state index contributed by atoms with van der Waals surface area (Å²) in [5.74, 6) is 0.852. The predicted molar refractivity (Wildman–Crippen MR) is 115 cm³/mol. The highest BCUT2D eigenvalue weighted by atomic mass is 33.1. The molecule has 1 aromatic rings. The van der Waals surface area contributed by atoms with E-state index in [4.69, 9.17) is 0 Å². The fourth-order valence-corrected chi connectivity index (χ4v) is 5.84. The second-order valence-corrected chi connectivity index (χ2v) is 10.7. The number of rotatable bonds is 7. The molecule has 2 aliphatic rings. The summed E-state index contributed by atoms with van der Waals surface area (Å²) in [4.78, 5) is 2.43. The van der Waals surface area contributed by atoms with Crippen LogP contribution in [0.2, 0.25) is 0 Å². The first kappa shape index (κ1) is 20.5. The quantitative estimate of drug-likeness (QED) is 0.535. The van der Waals surface area contributed by atoms with Crippen molar-refractivity contribution in [2.24, 2.45) is 5.92 Å². The fourth-order valence-electron chi connectivity index (χ4n) is 4.26. The Bertz CT molecular complexity index is 585. The molecule has 1 fully saturated rings. The second-order valence-electron chi connectivity index (χ2n) is 8.25. The summed E-state index contributed by atoms with van der Waals surface area (Å²) in [7, 11) is 5.88. The lowest BCUT2D eigenvalue weighted by Gasteiger charge is -2.31. The van der Waals surface area contributed by atoms with Gasteiger partial charge in [-0.2, -0.15) is 0 Å². The van der Waals surface area contributed by atoms with Gasteiger partial charge in [-0.05, 0) is 99.0 Å². The average Bonchev–Trinajstić information content (AvgIpc) is 2.63. The van der Waals surface area contributed by atoms with Crippen molar-refractivity contribution >= 4 is 21.8 Å². The molecule has 0 amide bonds. The Hall–Kier alpha value is -0.200. The lowest BCUT2D eigenvalue weighted by Crippen LogP contribution is -2.30. The fraction of sp³-hybridized carbons (Fsp3) is 0.714. The monoisotopic (exact) mass is 394 g/mol. The van der Waals surface area contributed by atoms with Crippen molar-refractivity contribution in [3.8, 4) is 0 Å². The summed E-state index contributed by atoms with van der Waals surface area (Å²) in [6.45, 7) is 6.58. The summed E-state index contributed by atoms with van der Waals surface area (Å²) in [5, 5.41) is 11.1. The van der Waals surface area contributed by atoms with Crippen LogP contribution in [-0.4, -0.2) is 47.2 Å². The Labute approximate surface area is 167 Å². The van der Waals surface area contributed by atoms with E-state index in [2.05, 4.69) is 40.7 Å². The molecule has 1 aromatic carbocycles. The highest BCUT2D eigenvalue weighted by Gasteiger charge is 2.26. The molecule has 1 saturated heterocycles. The number of hydrogen-bond acceptors (Lipinski definition) is 5. The summed E-state index contributed by atoms with van der Waals surface area (Å²) in [6.07, 6.45) is 9.11. The van der Waals surface area contributed by atoms with Gasteiger partial charge < -0.3 is 10.0 Å². The first-order valence-electron chi connectivity index (χ1n) is 9.97. The van der Waals surface area contributed by atoms with Crippen molar-refractivity contribution in [2.45, 2.75) is 57.6 Å². The number of aliphatic hydroxyl groups is 1. The van der Waals surface area contributed by atoms with E-state index in [0.29, 0.717) is 0 Å². The minimum Gasteiger partial charge on any atom is -0.385 e. The molecule has 2 heterocycles. The molecule has 1 N–H and O–H groups in total. The zero-order chi connectivity index (χ0) is 18.6. The highest BCUT2D eigenvalue weighted by Crippen LogP contribution is 2.34. The maximum atomic E-state index is 11.1. The van der Waals surface area contributed by atoms with Crippen LogP contribution in [0.5, 0.6) is 0 Å². The Morgan fingerprint density at radius 3 is 2.69 bits per heavy atom. The van der Waals surface area contributed by atoms with Crippen LogP contribution in [0.15, 0.2) is 18.2 Å². The van der Waals surface area contributed by atoms with E-state index >= 15 is 0 Å². The molecule has 0 aliphatic carbocycles. The Balaban J connectivity index is 1.54. The van der Waals surface area contributed by atoms with E-state index < -0.39 is 5.60 Å². The third kappa shape index (κ3) is 5.41. The van der Waals surface area contributed by atoms with Crippen LogP contribution < -0.4 is 0 Å². The molecule has 26 heavy (non-hydrogen) atoms. The molecule has 0 bridgehead atoms. The summed E-state index contributed by atoms with van der Waals surface area (Å²) in [5.41, 5.74) is 3.25. The first-order chi connectivity index (χ1) is 12.5. The van der Waals surface area contributed by atoms with Gasteiger partial charge in [0.2, 0.25) is 0 Å². The molecule has 0 aromatic heterocycles. The van der Waals surface area contributed by atoms with E-state index in [0.717, 1.165) is 43.8 Å². The van der Waals surface area contributed by atoms with E-state index in [1.807, 2.05) is 28.7 Å². The number of benzene rings is 1. The normalized spacial score (nSPS) is 22.2. The van der Waals surface area contributed by atoms with Crippen molar-refractivity contribution < 1.29 is 5.11 Å². The van der Waals surface area contributed by atoms with Gasteiger partial charge >= 0.3 is 0 Å². The maximum Gasteiger partial charge on any atom is 0.0868 e. The SMILES string of the molecule is CSSN1CCc2cc(C(C)(O)CCCC3CCN(C)CC3)ccc2C1. The standard InChI is InChI=1S/C21H34N2OS2/c1-21(24,11-4-5-17-8-12-22(2)13-9-17)20-7-6-19-16-23(26-25-3)14-10-18(19)15-20/h6-7,15,17,24H,4-5,8-14,16H2,1-3H3. The Kier molecular flexibility index (Phi) is 7.37. The van der Waals surface area contributed by atoms with E-state index in [1.165, 1.54) is 43.5 Å². The lowest BCUT2D eigenvalue weighted by atomic mass is 9.84. The van der Waals surface area contributed by atoms with Gasteiger partial charge in [0.1, 0.15) is 0 Å². The minimum absolute atomic E-state index is 0.703. The molecular weight excluding hydrogens is 360 g/mol. The van der Waals surface area contributed by atoms with Gasteiger partial charge in [0.15, 0.2) is 0 Å². The highest BCUT2D eigenvalue weighted by molar-refractivity contribution is 8.75. The van der Waals surface area contributed by atoms with Gasteiger partial charge in [0.05, 0.1) is 5.60 Å². The molecule has 2 aliphatic heterocycles.